The summed E-state index contributed by atoms with van der Waals surface area (Å²) < 4.78 is 4.66. The zero-order valence-electron chi connectivity index (χ0n) is 11.6. The first kappa shape index (κ1) is 13.3. The Morgan fingerprint density at radius 2 is 1.88 bits per heavy atom. The minimum absolute atomic E-state index is 0.196. The smallest absolute Gasteiger partial charge is 0.237 e. The molecule has 1 aromatic rings. The van der Waals surface area contributed by atoms with Gasteiger partial charge < -0.3 is 0 Å². The fourth-order valence-electron chi connectivity index (χ4n) is 2.13. The highest BCUT2D eigenvalue weighted by Crippen LogP contribution is 2.16. The van der Waals surface area contributed by atoms with Crippen molar-refractivity contribution in [3.8, 4) is 0 Å². The van der Waals surface area contributed by atoms with Gasteiger partial charge in [0.25, 0.3) is 5.82 Å². The van der Waals surface area contributed by atoms with Gasteiger partial charge in [0.15, 0.2) is 0 Å². The molecule has 0 aliphatic heterocycles. The Bertz CT molecular complexity index is 318. The van der Waals surface area contributed by atoms with Crippen molar-refractivity contribution in [3.63, 3.8) is 0 Å². The van der Waals surface area contributed by atoms with Gasteiger partial charge in [-0.25, -0.2) is 9.13 Å². The highest BCUT2D eigenvalue weighted by Gasteiger charge is 2.24. The lowest BCUT2D eigenvalue weighted by Crippen LogP contribution is -2.35. The van der Waals surface area contributed by atoms with Crippen LogP contribution in [0, 0.1) is 0 Å². The molecule has 1 aromatic heterocycles. The SMILES string of the molecule is CCCCCCc1n(C(C)(C)C)cc[n+]1C. The number of hydrogen-bond acceptors (Lipinski definition) is 0. The molecule has 0 amide bonds. The number of aryl methyl sites for hydroxylation is 1. The fraction of sp³-hybridized carbons (Fsp3) is 0.786. The van der Waals surface area contributed by atoms with E-state index in [1.54, 1.807) is 0 Å². The monoisotopic (exact) mass is 223 g/mol. The van der Waals surface area contributed by atoms with Crippen LogP contribution in [0.15, 0.2) is 12.4 Å². The van der Waals surface area contributed by atoms with Crippen molar-refractivity contribution in [3.05, 3.63) is 18.2 Å². The van der Waals surface area contributed by atoms with Gasteiger partial charge in [0, 0.05) is 6.42 Å². The van der Waals surface area contributed by atoms with Crippen LogP contribution in [-0.4, -0.2) is 4.57 Å². The van der Waals surface area contributed by atoms with Crippen LogP contribution >= 0.6 is 0 Å². The van der Waals surface area contributed by atoms with E-state index in [4.69, 9.17) is 0 Å². The molecule has 0 unspecified atom stereocenters. The molecule has 0 N–H and O–H groups in total. The average molecular weight is 223 g/mol. The Morgan fingerprint density at radius 3 is 2.44 bits per heavy atom. The molecule has 0 saturated heterocycles. The first-order valence-corrected chi connectivity index (χ1v) is 6.53. The minimum atomic E-state index is 0.196. The zero-order valence-corrected chi connectivity index (χ0v) is 11.6. The lowest BCUT2D eigenvalue weighted by atomic mass is 10.1. The minimum Gasteiger partial charge on any atom is -0.237 e. The third kappa shape index (κ3) is 3.36. The topological polar surface area (TPSA) is 8.81 Å². The van der Waals surface area contributed by atoms with Crippen LogP contribution in [0.5, 0.6) is 0 Å². The van der Waals surface area contributed by atoms with E-state index in [-0.39, 0.29) is 5.54 Å². The maximum Gasteiger partial charge on any atom is 0.256 e. The van der Waals surface area contributed by atoms with Crippen molar-refractivity contribution in [2.45, 2.75) is 65.3 Å². The molecule has 0 aliphatic carbocycles. The first-order chi connectivity index (χ1) is 7.46. The van der Waals surface area contributed by atoms with Crippen LogP contribution in [0.4, 0.5) is 0 Å². The van der Waals surface area contributed by atoms with Crippen LogP contribution in [0.1, 0.15) is 59.2 Å². The van der Waals surface area contributed by atoms with E-state index in [0.717, 1.165) is 0 Å². The Labute approximate surface area is 100 Å². The zero-order chi connectivity index (χ0) is 12.2. The van der Waals surface area contributed by atoms with Crippen LogP contribution in [0.3, 0.4) is 0 Å². The molecule has 0 spiro atoms. The standard InChI is InChI=1S/C14H27N2/c1-6-7-8-9-10-13-15(5)11-12-16(13)14(2,3)4/h11-12H,6-10H2,1-5H3/q+1. The molecule has 92 valence electrons. The third-order valence-corrected chi connectivity index (χ3v) is 3.10. The quantitative estimate of drug-likeness (QED) is 0.535. The number of unbranched alkanes of at least 4 members (excludes halogenated alkanes) is 3. The van der Waals surface area contributed by atoms with E-state index in [1.165, 1.54) is 37.9 Å². The lowest BCUT2D eigenvalue weighted by molar-refractivity contribution is -0.679. The van der Waals surface area contributed by atoms with Crippen molar-refractivity contribution < 1.29 is 4.57 Å². The molecule has 0 bridgehead atoms. The van der Waals surface area contributed by atoms with Crippen molar-refractivity contribution in [1.82, 2.24) is 4.57 Å². The lowest BCUT2D eigenvalue weighted by Gasteiger charge is -2.17. The van der Waals surface area contributed by atoms with E-state index >= 15 is 0 Å². The molecule has 2 heteroatoms. The molecule has 0 radical (unpaired) electrons. The highest BCUT2D eigenvalue weighted by molar-refractivity contribution is 4.91. The Hall–Kier alpha value is -0.790. The molecular weight excluding hydrogens is 196 g/mol. The fourth-order valence-corrected chi connectivity index (χ4v) is 2.13. The van der Waals surface area contributed by atoms with E-state index in [0.29, 0.717) is 0 Å². The normalized spacial score (nSPS) is 12.1. The summed E-state index contributed by atoms with van der Waals surface area (Å²) in [7, 11) is 2.15. The van der Waals surface area contributed by atoms with E-state index in [2.05, 4.69) is 56.3 Å². The summed E-state index contributed by atoms with van der Waals surface area (Å²) in [5.74, 6) is 1.45. The molecule has 0 atom stereocenters. The van der Waals surface area contributed by atoms with E-state index < -0.39 is 0 Å². The third-order valence-electron chi connectivity index (χ3n) is 3.10. The summed E-state index contributed by atoms with van der Waals surface area (Å²) in [6.07, 6.45) is 10.9. The van der Waals surface area contributed by atoms with Gasteiger partial charge in [0.1, 0.15) is 17.9 Å². The molecular formula is C14H27N2+. The van der Waals surface area contributed by atoms with Gasteiger partial charge in [-0.15, -0.1) is 0 Å². The maximum absolute atomic E-state index is 2.40. The summed E-state index contributed by atoms with van der Waals surface area (Å²) in [5, 5.41) is 0. The molecule has 1 rings (SSSR count). The molecule has 0 aliphatic rings. The van der Waals surface area contributed by atoms with Crippen molar-refractivity contribution in [2.75, 3.05) is 0 Å². The Kier molecular flexibility index (Phi) is 4.57. The van der Waals surface area contributed by atoms with Crippen molar-refractivity contribution >= 4 is 0 Å². The summed E-state index contributed by atoms with van der Waals surface area (Å²) in [4.78, 5) is 0. The molecule has 2 nitrogen and oxygen atoms in total. The number of imidazole rings is 1. The summed E-state index contributed by atoms with van der Waals surface area (Å²) in [6.45, 7) is 9.06. The van der Waals surface area contributed by atoms with E-state index in [1.807, 2.05) is 0 Å². The Morgan fingerprint density at radius 1 is 1.19 bits per heavy atom. The van der Waals surface area contributed by atoms with Gasteiger partial charge in [0.2, 0.25) is 0 Å². The summed E-state index contributed by atoms with van der Waals surface area (Å²) in [6, 6.07) is 0. The summed E-state index contributed by atoms with van der Waals surface area (Å²) >= 11 is 0. The van der Waals surface area contributed by atoms with Crippen LogP contribution in [-0.2, 0) is 19.0 Å². The summed E-state index contributed by atoms with van der Waals surface area (Å²) in [5.41, 5.74) is 0.196. The number of aromatic nitrogens is 2. The Balaban J connectivity index is 2.67. The molecule has 0 fully saturated rings. The van der Waals surface area contributed by atoms with Gasteiger partial charge in [-0.1, -0.05) is 26.2 Å². The number of hydrogen-bond donors (Lipinski definition) is 0. The first-order valence-electron chi connectivity index (χ1n) is 6.53. The van der Waals surface area contributed by atoms with Crippen molar-refractivity contribution in [1.29, 1.82) is 0 Å². The predicted molar refractivity (Wildman–Crippen MR) is 68.5 cm³/mol. The number of rotatable bonds is 5. The predicted octanol–water partition coefficient (Wildman–Crippen LogP) is 3.19. The van der Waals surface area contributed by atoms with Crippen LogP contribution in [0.2, 0.25) is 0 Å². The molecule has 16 heavy (non-hydrogen) atoms. The molecule has 0 saturated carbocycles. The van der Waals surface area contributed by atoms with Gasteiger partial charge in [-0.3, -0.25) is 0 Å². The van der Waals surface area contributed by atoms with Crippen LogP contribution < -0.4 is 4.57 Å². The maximum atomic E-state index is 2.40. The second kappa shape index (κ2) is 5.51. The number of nitrogens with zero attached hydrogens (tertiary/aromatic N) is 2. The molecule has 1 heterocycles. The average Bonchev–Trinajstić information content (AvgIpc) is 2.54. The van der Waals surface area contributed by atoms with Gasteiger partial charge in [-0.05, 0) is 27.2 Å². The highest BCUT2D eigenvalue weighted by atomic mass is 15.2. The second-order valence-corrected chi connectivity index (χ2v) is 5.68. The molecule has 0 aromatic carbocycles. The largest absolute Gasteiger partial charge is 0.256 e. The van der Waals surface area contributed by atoms with Gasteiger partial charge in [0.05, 0.1) is 7.05 Å². The second-order valence-electron chi connectivity index (χ2n) is 5.68. The van der Waals surface area contributed by atoms with Gasteiger partial charge in [-0.2, -0.15) is 0 Å². The van der Waals surface area contributed by atoms with Gasteiger partial charge >= 0.3 is 0 Å². The van der Waals surface area contributed by atoms with E-state index in [9.17, 15) is 0 Å². The van der Waals surface area contributed by atoms with Crippen molar-refractivity contribution in [2.24, 2.45) is 7.05 Å². The van der Waals surface area contributed by atoms with Crippen LogP contribution in [0.25, 0.3) is 0 Å².